The molecule has 0 amide bonds. The van der Waals surface area contributed by atoms with Crippen molar-refractivity contribution in [3.05, 3.63) is 54.6 Å². The van der Waals surface area contributed by atoms with E-state index < -0.39 is 18.0 Å². The summed E-state index contributed by atoms with van der Waals surface area (Å²) >= 11 is 0. The molecular formula is C25H34O7. The van der Waals surface area contributed by atoms with E-state index in [1.807, 2.05) is 54.6 Å². The topological polar surface area (TPSA) is 94.5 Å². The summed E-state index contributed by atoms with van der Waals surface area (Å²) in [6.45, 7) is 1.13. The van der Waals surface area contributed by atoms with E-state index in [2.05, 4.69) is 4.74 Å². The largest absolute Gasteiger partial charge is 0.488 e. The maximum absolute atomic E-state index is 11.2. The van der Waals surface area contributed by atoms with E-state index >= 15 is 0 Å². The Hall–Kier alpha value is -2.19. The molecule has 7 nitrogen and oxygen atoms in total. The van der Waals surface area contributed by atoms with Gasteiger partial charge in [-0.1, -0.05) is 36.4 Å². The fraction of sp³-hybridized carbons (Fsp3) is 0.560. The van der Waals surface area contributed by atoms with Crippen molar-refractivity contribution < 1.29 is 34.0 Å². The van der Waals surface area contributed by atoms with Gasteiger partial charge in [0.15, 0.2) is 0 Å². The predicted octanol–water partition coefficient (Wildman–Crippen LogP) is 3.01. The summed E-state index contributed by atoms with van der Waals surface area (Å²) in [4.78, 5) is 11.2. The lowest BCUT2D eigenvalue weighted by molar-refractivity contribution is -0.140. The number of methoxy groups -OCH3 is 1. The van der Waals surface area contributed by atoms with Gasteiger partial charge < -0.3 is 29.2 Å². The van der Waals surface area contributed by atoms with E-state index in [-0.39, 0.29) is 24.4 Å². The highest BCUT2D eigenvalue weighted by atomic mass is 16.8. The minimum absolute atomic E-state index is 0.105. The van der Waals surface area contributed by atoms with Crippen LogP contribution in [0.5, 0.6) is 5.75 Å². The summed E-state index contributed by atoms with van der Waals surface area (Å²) in [5.41, 5.74) is 0. The van der Waals surface area contributed by atoms with E-state index in [9.17, 15) is 15.0 Å². The number of carbonyl (C=O) groups excluding carboxylic acids is 1. The third-order valence-corrected chi connectivity index (χ3v) is 6.00. The highest BCUT2D eigenvalue weighted by molar-refractivity contribution is 5.69. The van der Waals surface area contributed by atoms with Crippen molar-refractivity contribution >= 4 is 5.97 Å². The van der Waals surface area contributed by atoms with Gasteiger partial charge in [0.2, 0.25) is 5.79 Å². The van der Waals surface area contributed by atoms with E-state index in [0.29, 0.717) is 32.5 Å². The number of para-hydroxylation sites is 1. The van der Waals surface area contributed by atoms with Crippen molar-refractivity contribution in [2.75, 3.05) is 26.9 Å². The molecule has 1 saturated heterocycles. The fourth-order valence-electron chi connectivity index (χ4n) is 4.20. The number of rotatable bonds is 11. The second kappa shape index (κ2) is 12.2. The summed E-state index contributed by atoms with van der Waals surface area (Å²) in [6.07, 6.45) is 9.40. The molecule has 32 heavy (non-hydrogen) atoms. The van der Waals surface area contributed by atoms with E-state index in [4.69, 9.17) is 14.2 Å². The lowest BCUT2D eigenvalue weighted by Gasteiger charge is -2.26. The number of hydrogen-bond acceptors (Lipinski definition) is 7. The van der Waals surface area contributed by atoms with Crippen LogP contribution in [-0.4, -0.2) is 61.1 Å². The van der Waals surface area contributed by atoms with Gasteiger partial charge in [0.05, 0.1) is 32.5 Å². The zero-order valence-corrected chi connectivity index (χ0v) is 18.6. The molecule has 2 N–H and O–H groups in total. The van der Waals surface area contributed by atoms with E-state index in [0.717, 1.165) is 18.6 Å². The molecule has 0 spiro atoms. The number of hydrogen-bond donors (Lipinski definition) is 2. The van der Waals surface area contributed by atoms with Gasteiger partial charge in [-0.15, -0.1) is 0 Å². The lowest BCUT2D eigenvalue weighted by Crippen LogP contribution is -2.35. The normalized spacial score (nSPS) is 27.3. The molecule has 2 aliphatic rings. The number of aliphatic hydroxyl groups excluding tert-OH is 2. The average Bonchev–Trinajstić information content (AvgIpc) is 3.38. The molecule has 0 bridgehead atoms. The number of esters is 1. The number of aliphatic hydroxyl groups is 2. The Labute approximate surface area is 189 Å². The molecule has 4 atom stereocenters. The quantitative estimate of drug-likeness (QED) is 0.307. The molecule has 7 heteroatoms. The Morgan fingerprint density at radius 2 is 1.91 bits per heavy atom. The molecule has 1 saturated carbocycles. The molecule has 0 radical (unpaired) electrons. The van der Waals surface area contributed by atoms with Crippen LogP contribution in [0.4, 0.5) is 0 Å². The molecule has 0 aromatic heterocycles. The minimum Gasteiger partial charge on any atom is -0.488 e. The van der Waals surface area contributed by atoms with Gasteiger partial charge in [-0.3, -0.25) is 4.79 Å². The average molecular weight is 447 g/mol. The van der Waals surface area contributed by atoms with Crippen molar-refractivity contribution in [3.63, 3.8) is 0 Å². The Kier molecular flexibility index (Phi) is 9.29. The monoisotopic (exact) mass is 446 g/mol. The first-order valence-corrected chi connectivity index (χ1v) is 11.3. The first kappa shape index (κ1) is 24.5. The van der Waals surface area contributed by atoms with Gasteiger partial charge in [-0.25, -0.2) is 0 Å². The van der Waals surface area contributed by atoms with Crippen LogP contribution in [0, 0.1) is 11.8 Å². The highest BCUT2D eigenvalue weighted by Crippen LogP contribution is 2.37. The number of allylic oxidation sites excluding steroid dienone is 2. The summed E-state index contributed by atoms with van der Waals surface area (Å²) in [5, 5.41) is 21.0. The van der Waals surface area contributed by atoms with Crippen LogP contribution in [0.1, 0.15) is 32.1 Å². The predicted molar refractivity (Wildman–Crippen MR) is 119 cm³/mol. The molecule has 1 aromatic rings. The van der Waals surface area contributed by atoms with Crippen molar-refractivity contribution in [3.8, 4) is 5.75 Å². The summed E-state index contributed by atoms with van der Waals surface area (Å²) in [5.74, 6) is -0.805. The van der Waals surface area contributed by atoms with Crippen LogP contribution < -0.4 is 4.74 Å². The Morgan fingerprint density at radius 3 is 2.62 bits per heavy atom. The van der Waals surface area contributed by atoms with Gasteiger partial charge >= 0.3 is 5.97 Å². The van der Waals surface area contributed by atoms with Crippen molar-refractivity contribution in [1.29, 1.82) is 0 Å². The molecule has 3 rings (SSSR count). The molecular weight excluding hydrogens is 412 g/mol. The van der Waals surface area contributed by atoms with Gasteiger partial charge in [0.1, 0.15) is 12.4 Å². The van der Waals surface area contributed by atoms with E-state index in [1.165, 1.54) is 7.11 Å². The Balaban J connectivity index is 1.57. The van der Waals surface area contributed by atoms with Gasteiger partial charge in [0, 0.05) is 18.8 Å². The van der Waals surface area contributed by atoms with Gasteiger partial charge in [-0.2, -0.15) is 0 Å². The van der Waals surface area contributed by atoms with Crippen LogP contribution in [0.3, 0.4) is 0 Å². The summed E-state index contributed by atoms with van der Waals surface area (Å²) < 4.78 is 22.2. The van der Waals surface area contributed by atoms with Crippen molar-refractivity contribution in [1.82, 2.24) is 0 Å². The molecule has 1 heterocycles. The number of unbranched alkanes of at least 4 members (excludes halogenated alkanes) is 1. The number of carbonyl (C=O) groups is 1. The molecule has 3 unspecified atom stereocenters. The first-order valence-electron chi connectivity index (χ1n) is 11.3. The Morgan fingerprint density at radius 1 is 1.16 bits per heavy atom. The van der Waals surface area contributed by atoms with E-state index in [1.54, 1.807) is 0 Å². The standard InChI is InChI=1S/C25H34O7/c1-29-24(28)12-8-3-2-7-11-20-21(23(27)17-22(20)26)13-14-25(31-15-16-32-25)18-30-19-9-5-4-6-10-19/h2,4-7,9-10,13-14,20-23,26-27H,3,8,11-12,15-18H2,1H3/b7-2-,14-13+/t20?,21-,22?,23?/m1/s1. The third-order valence-electron chi connectivity index (χ3n) is 6.00. The molecule has 1 aliphatic heterocycles. The number of benzene rings is 1. The van der Waals surface area contributed by atoms with Crippen LogP contribution in [-0.2, 0) is 19.0 Å². The number of ether oxygens (including phenoxy) is 4. The second-order valence-electron chi connectivity index (χ2n) is 8.26. The molecule has 1 aromatic carbocycles. The fourth-order valence-corrected chi connectivity index (χ4v) is 4.20. The minimum atomic E-state index is -1.00. The first-order chi connectivity index (χ1) is 15.5. The maximum Gasteiger partial charge on any atom is 0.305 e. The van der Waals surface area contributed by atoms with Crippen LogP contribution >= 0.6 is 0 Å². The third kappa shape index (κ3) is 6.90. The van der Waals surface area contributed by atoms with Crippen molar-refractivity contribution in [2.24, 2.45) is 11.8 Å². The highest BCUT2D eigenvalue weighted by Gasteiger charge is 2.41. The van der Waals surface area contributed by atoms with Crippen LogP contribution in [0.2, 0.25) is 0 Å². The lowest BCUT2D eigenvalue weighted by atomic mass is 9.89. The van der Waals surface area contributed by atoms with Gasteiger partial charge in [-0.05, 0) is 43.4 Å². The zero-order chi connectivity index (χ0) is 22.8. The smallest absolute Gasteiger partial charge is 0.305 e. The van der Waals surface area contributed by atoms with Crippen LogP contribution in [0.25, 0.3) is 0 Å². The van der Waals surface area contributed by atoms with Crippen LogP contribution in [0.15, 0.2) is 54.6 Å². The molecule has 176 valence electrons. The SMILES string of the molecule is COC(=O)CCC/C=C\CC1C(O)CC(O)[C@@H]1/C=C/C1(COc2ccccc2)OCCO1. The second-order valence-corrected chi connectivity index (χ2v) is 8.26. The summed E-state index contributed by atoms with van der Waals surface area (Å²) in [7, 11) is 1.39. The van der Waals surface area contributed by atoms with Gasteiger partial charge in [0.25, 0.3) is 0 Å². The molecule has 1 aliphatic carbocycles. The molecule has 2 fully saturated rings. The Bertz CT molecular complexity index is 755. The zero-order valence-electron chi connectivity index (χ0n) is 18.6. The summed E-state index contributed by atoms with van der Waals surface area (Å²) in [6, 6.07) is 9.47. The maximum atomic E-state index is 11.2. The van der Waals surface area contributed by atoms with Crippen molar-refractivity contribution in [2.45, 2.75) is 50.1 Å².